The van der Waals surface area contributed by atoms with E-state index in [0.29, 0.717) is 34.2 Å². The van der Waals surface area contributed by atoms with Crippen molar-refractivity contribution in [3.05, 3.63) is 105 Å². The third-order valence-electron chi connectivity index (χ3n) is 4.67. The number of carbonyl (C=O) groups excluding carboxylic acids is 1. The van der Waals surface area contributed by atoms with Crippen LogP contribution in [0.1, 0.15) is 21.6 Å². The maximum atomic E-state index is 12.4. The molecule has 0 spiro atoms. The third-order valence-corrected chi connectivity index (χ3v) is 4.89. The molecule has 0 saturated carbocycles. The molecule has 0 aliphatic carbocycles. The van der Waals surface area contributed by atoms with E-state index in [-0.39, 0.29) is 11.5 Å². The number of rotatable bonds is 5. The van der Waals surface area contributed by atoms with Gasteiger partial charge >= 0.3 is 0 Å². The molecule has 4 rings (SSSR count). The highest BCUT2D eigenvalue weighted by Gasteiger charge is 2.08. The summed E-state index contributed by atoms with van der Waals surface area (Å²) in [6.45, 7) is 2.33. The van der Waals surface area contributed by atoms with Crippen LogP contribution in [-0.4, -0.2) is 15.3 Å². The lowest BCUT2D eigenvalue weighted by Gasteiger charge is -2.13. The van der Waals surface area contributed by atoms with Crippen LogP contribution in [0.2, 0.25) is 5.02 Å². The highest BCUT2D eigenvalue weighted by molar-refractivity contribution is 6.30. The molecular formula is C23H19ClN4O2. The van der Waals surface area contributed by atoms with Gasteiger partial charge in [-0.3, -0.25) is 14.0 Å². The van der Waals surface area contributed by atoms with E-state index in [1.807, 2.05) is 43.3 Å². The molecule has 0 aliphatic heterocycles. The number of hydrogen-bond acceptors (Lipinski definition) is 4. The number of pyridine rings is 1. The Morgan fingerprint density at radius 3 is 2.67 bits per heavy atom. The fourth-order valence-corrected chi connectivity index (χ4v) is 3.25. The number of hydrogen-bond donors (Lipinski definition) is 2. The minimum Gasteiger partial charge on any atom is -0.379 e. The van der Waals surface area contributed by atoms with Gasteiger partial charge in [0.25, 0.3) is 11.5 Å². The molecule has 7 heteroatoms. The van der Waals surface area contributed by atoms with Crippen molar-refractivity contribution < 1.29 is 4.79 Å². The summed E-state index contributed by atoms with van der Waals surface area (Å²) in [5, 5.41) is 6.67. The predicted octanol–water partition coefficient (Wildman–Crippen LogP) is 4.52. The van der Waals surface area contributed by atoms with E-state index >= 15 is 0 Å². The van der Waals surface area contributed by atoms with Crippen molar-refractivity contribution >= 4 is 34.5 Å². The topological polar surface area (TPSA) is 75.5 Å². The maximum absolute atomic E-state index is 12.4. The van der Waals surface area contributed by atoms with Crippen molar-refractivity contribution in [1.29, 1.82) is 0 Å². The molecule has 2 N–H and O–H groups in total. The zero-order valence-corrected chi connectivity index (χ0v) is 17.0. The molecule has 150 valence electrons. The van der Waals surface area contributed by atoms with Crippen molar-refractivity contribution in [1.82, 2.24) is 9.38 Å². The van der Waals surface area contributed by atoms with Crippen molar-refractivity contribution in [3.8, 4) is 0 Å². The number of nitrogens with zero attached hydrogens (tertiary/aromatic N) is 2. The van der Waals surface area contributed by atoms with E-state index in [9.17, 15) is 9.59 Å². The Morgan fingerprint density at radius 2 is 1.87 bits per heavy atom. The molecule has 0 aliphatic rings. The van der Waals surface area contributed by atoms with Crippen molar-refractivity contribution in [2.75, 3.05) is 10.6 Å². The normalized spacial score (nSPS) is 10.7. The first kappa shape index (κ1) is 19.7. The maximum Gasteiger partial charge on any atom is 0.258 e. The summed E-state index contributed by atoms with van der Waals surface area (Å²) in [4.78, 5) is 29.2. The summed E-state index contributed by atoms with van der Waals surface area (Å²) in [6.07, 6.45) is 1.55. The molecule has 0 saturated heterocycles. The largest absolute Gasteiger partial charge is 0.379 e. The predicted molar refractivity (Wildman–Crippen MR) is 119 cm³/mol. The summed E-state index contributed by atoms with van der Waals surface area (Å²) in [5.74, 6) is -0.173. The van der Waals surface area contributed by atoms with Gasteiger partial charge in [-0.25, -0.2) is 4.98 Å². The Morgan fingerprint density at radius 1 is 1.07 bits per heavy atom. The monoisotopic (exact) mass is 418 g/mol. The van der Waals surface area contributed by atoms with Crippen LogP contribution < -0.4 is 16.2 Å². The minimum absolute atomic E-state index is 0.173. The van der Waals surface area contributed by atoms with Crippen LogP contribution in [-0.2, 0) is 6.54 Å². The number of benzene rings is 2. The Hall–Kier alpha value is -3.64. The van der Waals surface area contributed by atoms with Crippen LogP contribution in [0.25, 0.3) is 5.65 Å². The quantitative estimate of drug-likeness (QED) is 0.499. The van der Waals surface area contributed by atoms with E-state index in [1.165, 1.54) is 10.5 Å². The number of aryl methyl sites for hydroxylation is 1. The summed E-state index contributed by atoms with van der Waals surface area (Å²) < 4.78 is 1.41. The first-order valence-corrected chi connectivity index (χ1v) is 9.76. The van der Waals surface area contributed by atoms with Gasteiger partial charge < -0.3 is 10.6 Å². The fourth-order valence-electron chi connectivity index (χ4n) is 3.09. The van der Waals surface area contributed by atoms with E-state index < -0.39 is 0 Å². The van der Waals surface area contributed by atoms with Gasteiger partial charge in [0, 0.05) is 29.2 Å². The Balaban J connectivity index is 1.52. The van der Waals surface area contributed by atoms with Crippen LogP contribution in [0.15, 0.2) is 77.7 Å². The second-order valence-corrected chi connectivity index (χ2v) is 7.30. The first-order chi connectivity index (χ1) is 14.5. The SMILES string of the molecule is Cc1ccc(NC(=O)c2ccccc2)cc1NCc1cc(=O)n2cc(Cl)ccc2n1. The molecule has 4 aromatic rings. The van der Waals surface area contributed by atoms with E-state index in [4.69, 9.17) is 11.6 Å². The van der Waals surface area contributed by atoms with E-state index in [1.54, 1.807) is 30.5 Å². The number of anilines is 2. The van der Waals surface area contributed by atoms with E-state index in [0.717, 1.165) is 11.3 Å². The molecule has 0 radical (unpaired) electrons. The van der Waals surface area contributed by atoms with Gasteiger partial charge in [0.15, 0.2) is 0 Å². The van der Waals surface area contributed by atoms with Gasteiger partial charge in [0.05, 0.1) is 17.3 Å². The zero-order valence-electron chi connectivity index (χ0n) is 16.2. The van der Waals surface area contributed by atoms with Crippen molar-refractivity contribution in [2.24, 2.45) is 0 Å². The van der Waals surface area contributed by atoms with Crippen LogP contribution in [0.3, 0.4) is 0 Å². The second-order valence-electron chi connectivity index (χ2n) is 6.86. The molecule has 0 atom stereocenters. The van der Waals surface area contributed by atoms with Crippen LogP contribution in [0.4, 0.5) is 11.4 Å². The molecule has 2 aromatic carbocycles. The van der Waals surface area contributed by atoms with Gasteiger partial charge in [-0.2, -0.15) is 0 Å². The summed E-state index contributed by atoms with van der Waals surface area (Å²) in [7, 11) is 0. The van der Waals surface area contributed by atoms with Gasteiger partial charge in [0.1, 0.15) is 5.65 Å². The average molecular weight is 419 g/mol. The molecule has 0 fully saturated rings. The summed E-state index contributed by atoms with van der Waals surface area (Å²) >= 11 is 5.95. The van der Waals surface area contributed by atoms with Gasteiger partial charge in [0.2, 0.25) is 0 Å². The molecule has 0 bridgehead atoms. The average Bonchev–Trinajstić information content (AvgIpc) is 2.75. The molecule has 2 heterocycles. The molecular weight excluding hydrogens is 400 g/mol. The van der Waals surface area contributed by atoms with Crippen molar-refractivity contribution in [3.63, 3.8) is 0 Å². The third kappa shape index (κ3) is 4.34. The number of fused-ring (bicyclic) bond motifs is 1. The van der Waals surface area contributed by atoms with Crippen LogP contribution >= 0.6 is 11.6 Å². The van der Waals surface area contributed by atoms with Crippen molar-refractivity contribution in [2.45, 2.75) is 13.5 Å². The highest BCUT2D eigenvalue weighted by atomic mass is 35.5. The van der Waals surface area contributed by atoms with Gasteiger partial charge in [-0.05, 0) is 48.9 Å². The van der Waals surface area contributed by atoms with Gasteiger partial charge in [-0.1, -0.05) is 35.9 Å². The second kappa shape index (κ2) is 8.39. The molecule has 1 amide bonds. The zero-order chi connectivity index (χ0) is 21.1. The van der Waals surface area contributed by atoms with E-state index in [2.05, 4.69) is 15.6 Å². The Bertz CT molecular complexity index is 1290. The summed E-state index contributed by atoms with van der Waals surface area (Å²) in [6, 6.07) is 19.6. The number of nitrogens with one attached hydrogen (secondary N) is 2. The smallest absolute Gasteiger partial charge is 0.258 e. The highest BCUT2D eigenvalue weighted by Crippen LogP contribution is 2.21. The molecule has 30 heavy (non-hydrogen) atoms. The number of amides is 1. The number of halogens is 1. The molecule has 2 aromatic heterocycles. The number of aromatic nitrogens is 2. The molecule has 6 nitrogen and oxygen atoms in total. The molecule has 0 unspecified atom stereocenters. The lowest BCUT2D eigenvalue weighted by atomic mass is 10.1. The lowest BCUT2D eigenvalue weighted by Crippen LogP contribution is -2.17. The Labute approximate surface area is 178 Å². The number of carbonyl (C=O) groups is 1. The Kier molecular flexibility index (Phi) is 5.50. The van der Waals surface area contributed by atoms with Crippen LogP contribution in [0, 0.1) is 6.92 Å². The fraction of sp³-hybridized carbons (Fsp3) is 0.0870. The minimum atomic E-state index is -0.195. The lowest BCUT2D eigenvalue weighted by molar-refractivity contribution is 0.102. The van der Waals surface area contributed by atoms with Gasteiger partial charge in [-0.15, -0.1) is 0 Å². The first-order valence-electron chi connectivity index (χ1n) is 9.38. The van der Waals surface area contributed by atoms with Crippen LogP contribution in [0.5, 0.6) is 0 Å². The summed E-state index contributed by atoms with van der Waals surface area (Å²) in [5.41, 5.74) is 4.08. The standard InChI is InChI=1S/C23H19ClN4O2/c1-15-7-9-18(27-23(30)16-5-3-2-4-6-16)11-20(15)25-13-19-12-22(29)28-14-17(24)8-10-21(28)26-19/h2-12,14,25H,13H2,1H3,(H,27,30).